The number of rotatable bonds is 4. The van der Waals surface area contributed by atoms with Crippen LogP contribution in [0.15, 0.2) is 67.0 Å². The van der Waals surface area contributed by atoms with Gasteiger partial charge in [-0.25, -0.2) is 0 Å². The lowest BCUT2D eigenvalue weighted by atomic mass is 10.1. The third-order valence-corrected chi connectivity index (χ3v) is 3.44. The van der Waals surface area contributed by atoms with Gasteiger partial charge < -0.3 is 5.32 Å². The summed E-state index contributed by atoms with van der Waals surface area (Å²) in [5.41, 5.74) is 2.02. The number of aryl methyl sites for hydroxylation is 1. The molecular formula is C18H16N2O. The molecule has 1 aromatic heterocycles. The Morgan fingerprint density at radius 3 is 2.71 bits per heavy atom. The molecule has 104 valence electrons. The zero-order valence-electron chi connectivity index (χ0n) is 11.6. The van der Waals surface area contributed by atoms with E-state index in [9.17, 15) is 4.79 Å². The zero-order valence-corrected chi connectivity index (χ0v) is 11.6. The highest BCUT2D eigenvalue weighted by Crippen LogP contribution is 2.22. The number of hydrogen-bond acceptors (Lipinski definition) is 2. The predicted molar refractivity (Wildman–Crippen MR) is 85.1 cm³/mol. The number of pyridine rings is 1. The summed E-state index contributed by atoms with van der Waals surface area (Å²) in [5, 5.41) is 5.03. The van der Waals surface area contributed by atoms with Crippen molar-refractivity contribution in [3.05, 3.63) is 72.6 Å². The first-order valence-corrected chi connectivity index (χ1v) is 6.99. The highest BCUT2D eigenvalue weighted by Gasteiger charge is 2.06. The molecule has 21 heavy (non-hydrogen) atoms. The molecule has 0 aliphatic rings. The minimum absolute atomic E-state index is 0.0307. The van der Waals surface area contributed by atoms with E-state index in [0.717, 1.165) is 22.9 Å². The van der Waals surface area contributed by atoms with Gasteiger partial charge in [-0.1, -0.05) is 42.5 Å². The van der Waals surface area contributed by atoms with Crippen molar-refractivity contribution < 1.29 is 4.79 Å². The molecule has 1 amide bonds. The number of nitrogens with one attached hydrogen (secondary N) is 1. The van der Waals surface area contributed by atoms with Gasteiger partial charge in [0.05, 0.1) is 0 Å². The molecule has 1 N–H and O–H groups in total. The molecule has 3 aromatic rings. The Labute approximate surface area is 123 Å². The van der Waals surface area contributed by atoms with Gasteiger partial charge >= 0.3 is 0 Å². The molecule has 0 spiro atoms. The van der Waals surface area contributed by atoms with Gasteiger partial charge in [-0.2, -0.15) is 0 Å². The summed E-state index contributed by atoms with van der Waals surface area (Å²) in [6.45, 7) is 0. The van der Waals surface area contributed by atoms with Crippen molar-refractivity contribution in [2.75, 3.05) is 5.32 Å². The van der Waals surface area contributed by atoms with Crippen LogP contribution in [0.1, 0.15) is 12.0 Å². The number of nitrogens with zero attached hydrogens (tertiary/aromatic N) is 1. The van der Waals surface area contributed by atoms with Crippen LogP contribution in [0.3, 0.4) is 0 Å². The maximum atomic E-state index is 12.1. The SMILES string of the molecule is O=C(CCc1ccccc1)Nc1cccc2cnccc12. The van der Waals surface area contributed by atoms with E-state index < -0.39 is 0 Å². The number of hydrogen-bond donors (Lipinski definition) is 1. The molecular weight excluding hydrogens is 260 g/mol. The number of fused-ring (bicyclic) bond motifs is 1. The molecule has 0 saturated carbocycles. The van der Waals surface area contributed by atoms with Crippen molar-refractivity contribution in [3.8, 4) is 0 Å². The fraction of sp³-hybridized carbons (Fsp3) is 0.111. The Balaban J connectivity index is 1.69. The van der Waals surface area contributed by atoms with Crippen LogP contribution in [0.4, 0.5) is 5.69 Å². The lowest BCUT2D eigenvalue weighted by Crippen LogP contribution is -2.12. The van der Waals surface area contributed by atoms with Crippen LogP contribution in [0.25, 0.3) is 10.8 Å². The lowest BCUT2D eigenvalue weighted by molar-refractivity contribution is -0.116. The van der Waals surface area contributed by atoms with Crippen molar-refractivity contribution in [2.45, 2.75) is 12.8 Å². The van der Waals surface area contributed by atoms with Crippen molar-refractivity contribution in [2.24, 2.45) is 0 Å². The molecule has 0 atom stereocenters. The van der Waals surface area contributed by atoms with Gasteiger partial charge in [0.25, 0.3) is 0 Å². The largest absolute Gasteiger partial charge is 0.326 e. The number of carbonyl (C=O) groups is 1. The maximum Gasteiger partial charge on any atom is 0.224 e. The van der Waals surface area contributed by atoms with E-state index in [2.05, 4.69) is 10.3 Å². The topological polar surface area (TPSA) is 42.0 Å². The monoisotopic (exact) mass is 276 g/mol. The molecule has 0 bridgehead atoms. The Kier molecular flexibility index (Phi) is 3.92. The molecule has 3 rings (SSSR count). The van der Waals surface area contributed by atoms with Crippen LogP contribution in [0, 0.1) is 0 Å². The average Bonchev–Trinajstić information content (AvgIpc) is 2.54. The second-order valence-electron chi connectivity index (χ2n) is 4.94. The molecule has 3 nitrogen and oxygen atoms in total. The fourth-order valence-corrected chi connectivity index (χ4v) is 2.35. The number of aromatic nitrogens is 1. The van der Waals surface area contributed by atoms with Gasteiger partial charge in [0, 0.05) is 35.3 Å². The third-order valence-electron chi connectivity index (χ3n) is 3.44. The van der Waals surface area contributed by atoms with Crippen LogP contribution in [-0.2, 0) is 11.2 Å². The van der Waals surface area contributed by atoms with Crippen molar-refractivity contribution >= 4 is 22.4 Å². The number of anilines is 1. The summed E-state index contributed by atoms with van der Waals surface area (Å²) in [6, 6.07) is 17.8. The minimum Gasteiger partial charge on any atom is -0.326 e. The smallest absolute Gasteiger partial charge is 0.224 e. The van der Waals surface area contributed by atoms with Gasteiger partial charge in [0.2, 0.25) is 5.91 Å². The highest BCUT2D eigenvalue weighted by molar-refractivity contribution is 6.01. The molecule has 0 aliphatic carbocycles. The summed E-state index contributed by atoms with van der Waals surface area (Å²) >= 11 is 0. The summed E-state index contributed by atoms with van der Waals surface area (Å²) in [5.74, 6) is 0.0307. The van der Waals surface area contributed by atoms with Crippen molar-refractivity contribution in [1.29, 1.82) is 0 Å². The van der Waals surface area contributed by atoms with Crippen LogP contribution >= 0.6 is 0 Å². The van der Waals surface area contributed by atoms with E-state index in [1.54, 1.807) is 12.4 Å². The van der Waals surface area contributed by atoms with Crippen LogP contribution in [0.2, 0.25) is 0 Å². The first-order valence-electron chi connectivity index (χ1n) is 6.99. The summed E-state index contributed by atoms with van der Waals surface area (Å²) in [7, 11) is 0. The van der Waals surface area contributed by atoms with Gasteiger partial charge in [-0.3, -0.25) is 9.78 Å². The van der Waals surface area contributed by atoms with E-state index in [4.69, 9.17) is 0 Å². The van der Waals surface area contributed by atoms with Gasteiger partial charge in [-0.15, -0.1) is 0 Å². The molecule has 0 saturated heterocycles. The van der Waals surface area contributed by atoms with Gasteiger partial charge in [-0.05, 0) is 24.1 Å². The molecule has 3 heteroatoms. The first kappa shape index (κ1) is 13.3. The van der Waals surface area contributed by atoms with Gasteiger partial charge in [0.15, 0.2) is 0 Å². The van der Waals surface area contributed by atoms with Crippen molar-refractivity contribution in [1.82, 2.24) is 4.98 Å². The molecule has 1 heterocycles. The summed E-state index contributed by atoms with van der Waals surface area (Å²) in [4.78, 5) is 16.2. The van der Waals surface area contributed by atoms with E-state index in [1.165, 1.54) is 5.56 Å². The highest BCUT2D eigenvalue weighted by atomic mass is 16.1. The Hall–Kier alpha value is -2.68. The molecule has 2 aromatic carbocycles. The standard InChI is InChI=1S/C18H16N2O/c21-18(10-9-14-5-2-1-3-6-14)20-17-8-4-7-15-13-19-12-11-16(15)17/h1-8,11-13H,9-10H2,(H,20,21). The Morgan fingerprint density at radius 2 is 1.86 bits per heavy atom. The summed E-state index contributed by atoms with van der Waals surface area (Å²) in [6.07, 6.45) is 4.77. The van der Waals surface area contributed by atoms with Gasteiger partial charge in [0.1, 0.15) is 0 Å². The third kappa shape index (κ3) is 3.26. The Morgan fingerprint density at radius 1 is 1.00 bits per heavy atom. The minimum atomic E-state index is 0.0307. The normalized spacial score (nSPS) is 10.5. The molecule has 0 aliphatic heterocycles. The zero-order chi connectivity index (χ0) is 14.5. The second kappa shape index (κ2) is 6.18. The van der Waals surface area contributed by atoms with E-state index in [-0.39, 0.29) is 5.91 Å². The number of carbonyl (C=O) groups excluding carboxylic acids is 1. The van der Waals surface area contributed by atoms with E-state index in [0.29, 0.717) is 6.42 Å². The van der Waals surface area contributed by atoms with E-state index >= 15 is 0 Å². The van der Waals surface area contributed by atoms with E-state index in [1.807, 2.05) is 54.6 Å². The number of amides is 1. The number of benzene rings is 2. The van der Waals surface area contributed by atoms with Crippen LogP contribution in [0.5, 0.6) is 0 Å². The average molecular weight is 276 g/mol. The first-order chi connectivity index (χ1) is 10.3. The maximum absolute atomic E-state index is 12.1. The molecule has 0 unspecified atom stereocenters. The second-order valence-corrected chi connectivity index (χ2v) is 4.94. The Bertz CT molecular complexity index is 748. The van der Waals surface area contributed by atoms with Crippen molar-refractivity contribution in [3.63, 3.8) is 0 Å². The molecule has 0 fully saturated rings. The lowest BCUT2D eigenvalue weighted by Gasteiger charge is -2.08. The predicted octanol–water partition coefficient (Wildman–Crippen LogP) is 3.81. The summed E-state index contributed by atoms with van der Waals surface area (Å²) < 4.78 is 0. The van der Waals surface area contributed by atoms with Crippen LogP contribution < -0.4 is 5.32 Å². The quantitative estimate of drug-likeness (QED) is 0.787. The molecule has 0 radical (unpaired) electrons. The fourth-order valence-electron chi connectivity index (χ4n) is 2.35. The van der Waals surface area contributed by atoms with Crippen LogP contribution in [-0.4, -0.2) is 10.9 Å².